The highest BCUT2D eigenvalue weighted by Gasteiger charge is 2.26. The van der Waals surface area contributed by atoms with Crippen molar-refractivity contribution in [3.8, 4) is 16.9 Å². The van der Waals surface area contributed by atoms with Crippen molar-refractivity contribution in [2.75, 3.05) is 31.1 Å². The zero-order chi connectivity index (χ0) is 28.5. The van der Waals surface area contributed by atoms with E-state index in [1.165, 1.54) is 24.3 Å². The summed E-state index contributed by atoms with van der Waals surface area (Å²) in [6.07, 6.45) is 0. The lowest BCUT2D eigenvalue weighted by atomic mass is 10.1. The molecule has 1 aliphatic rings. The Hall–Kier alpha value is -5.38. The number of rotatable bonds is 5. The van der Waals surface area contributed by atoms with E-state index in [9.17, 15) is 24.1 Å². The van der Waals surface area contributed by atoms with E-state index in [1.807, 2.05) is 47.4 Å². The topological polar surface area (TPSA) is 102 Å². The van der Waals surface area contributed by atoms with Crippen LogP contribution in [0.1, 0.15) is 10.4 Å². The summed E-state index contributed by atoms with van der Waals surface area (Å²) in [6.45, 7) is 1.52. The van der Waals surface area contributed by atoms with Crippen molar-refractivity contribution in [3.05, 3.63) is 129 Å². The summed E-state index contributed by atoms with van der Waals surface area (Å²) in [5.74, 6) is -0.948. The molecule has 1 amide bonds. The Bertz CT molecular complexity index is 1850. The lowest BCUT2D eigenvalue weighted by Gasteiger charge is -2.36. The lowest BCUT2D eigenvalue weighted by molar-refractivity contribution is -0.384. The number of aromatic nitrogens is 2. The fourth-order valence-corrected chi connectivity index (χ4v) is 5.17. The minimum Gasteiger partial charge on any atom is -0.368 e. The van der Waals surface area contributed by atoms with E-state index in [1.54, 1.807) is 35.2 Å². The van der Waals surface area contributed by atoms with E-state index < -0.39 is 16.3 Å². The molecule has 6 rings (SSSR count). The van der Waals surface area contributed by atoms with Gasteiger partial charge in [0.15, 0.2) is 0 Å². The van der Waals surface area contributed by atoms with E-state index >= 15 is 0 Å². The average Bonchev–Trinajstić information content (AvgIpc) is 3.01. The van der Waals surface area contributed by atoms with Crippen molar-refractivity contribution in [1.29, 1.82) is 0 Å². The molecule has 0 atom stereocenters. The molecule has 0 N–H and O–H groups in total. The quantitative estimate of drug-likeness (QED) is 0.224. The Morgan fingerprint density at radius 1 is 0.829 bits per heavy atom. The van der Waals surface area contributed by atoms with Gasteiger partial charge in [0.25, 0.3) is 17.2 Å². The smallest absolute Gasteiger partial charge is 0.295 e. The number of anilines is 1. The molecule has 41 heavy (non-hydrogen) atoms. The largest absolute Gasteiger partial charge is 0.368 e. The van der Waals surface area contributed by atoms with Gasteiger partial charge in [0.1, 0.15) is 11.5 Å². The summed E-state index contributed by atoms with van der Waals surface area (Å²) >= 11 is 0. The SMILES string of the molecule is O=C(c1ccccc1F)N1CCN(c2ccc([N+](=O)[O-])c(-n3nc(-c4ccccc4)c4ccccc4c3=O)c2)CC1. The highest BCUT2D eigenvalue weighted by Crippen LogP contribution is 2.31. The first kappa shape index (κ1) is 25.9. The van der Waals surface area contributed by atoms with Crippen molar-refractivity contribution >= 4 is 28.1 Å². The summed E-state index contributed by atoms with van der Waals surface area (Å²) in [5, 5.41) is 17.7. The van der Waals surface area contributed by atoms with E-state index in [-0.39, 0.29) is 22.8 Å². The fourth-order valence-electron chi connectivity index (χ4n) is 5.17. The van der Waals surface area contributed by atoms with Crippen molar-refractivity contribution in [1.82, 2.24) is 14.7 Å². The molecule has 4 aromatic carbocycles. The number of hydrogen-bond donors (Lipinski definition) is 0. The van der Waals surface area contributed by atoms with Gasteiger partial charge in [0.2, 0.25) is 0 Å². The minimum atomic E-state index is -0.567. The van der Waals surface area contributed by atoms with Gasteiger partial charge in [-0.1, -0.05) is 60.7 Å². The van der Waals surface area contributed by atoms with Crippen LogP contribution in [0.3, 0.4) is 0 Å². The zero-order valence-corrected chi connectivity index (χ0v) is 21.8. The highest BCUT2D eigenvalue weighted by atomic mass is 19.1. The van der Waals surface area contributed by atoms with Crippen molar-refractivity contribution < 1.29 is 14.1 Å². The Balaban J connectivity index is 1.38. The molecule has 1 aromatic heterocycles. The molecule has 1 saturated heterocycles. The van der Waals surface area contributed by atoms with Crippen LogP contribution in [0.2, 0.25) is 0 Å². The summed E-state index contributed by atoms with van der Waals surface area (Å²) in [5.41, 5.74) is 1.28. The predicted octanol–water partition coefficient (Wildman–Crippen LogP) is 5.06. The van der Waals surface area contributed by atoms with Gasteiger partial charge >= 0.3 is 0 Å². The number of halogens is 1. The molecule has 10 heteroatoms. The zero-order valence-electron chi connectivity index (χ0n) is 21.8. The van der Waals surface area contributed by atoms with Crippen molar-refractivity contribution in [2.24, 2.45) is 0 Å². The van der Waals surface area contributed by atoms with Gasteiger partial charge in [-0.15, -0.1) is 0 Å². The molecule has 0 saturated carbocycles. The van der Waals surface area contributed by atoms with Crippen LogP contribution in [0.15, 0.2) is 102 Å². The van der Waals surface area contributed by atoms with Gasteiger partial charge in [-0.3, -0.25) is 19.7 Å². The molecule has 204 valence electrons. The van der Waals surface area contributed by atoms with Crippen LogP contribution in [0, 0.1) is 15.9 Å². The maximum atomic E-state index is 14.2. The predicted molar refractivity (Wildman–Crippen MR) is 154 cm³/mol. The standard InChI is InChI=1S/C31H24FN5O4/c32-26-13-7-6-12-25(26)30(38)35-18-16-34(17-19-35)22-14-15-27(37(40)41)28(20-22)36-31(39)24-11-5-4-10-23(24)29(33-36)21-8-2-1-3-9-21/h1-15,20H,16-19H2. The van der Waals surface area contributed by atoms with Crippen LogP contribution >= 0.6 is 0 Å². The maximum Gasteiger partial charge on any atom is 0.295 e. The molecule has 0 spiro atoms. The summed E-state index contributed by atoms with van der Waals surface area (Å²) in [7, 11) is 0. The van der Waals surface area contributed by atoms with Crippen LogP contribution in [0.5, 0.6) is 0 Å². The molecule has 0 bridgehead atoms. The molecule has 5 aromatic rings. The number of benzene rings is 4. The molecular formula is C31H24FN5O4. The van der Waals surface area contributed by atoms with Crippen LogP contribution in [0.25, 0.3) is 27.7 Å². The number of nitrogens with zero attached hydrogens (tertiary/aromatic N) is 5. The number of fused-ring (bicyclic) bond motifs is 1. The molecule has 0 aliphatic carbocycles. The maximum absolute atomic E-state index is 14.2. The molecule has 2 heterocycles. The first-order valence-corrected chi connectivity index (χ1v) is 13.1. The summed E-state index contributed by atoms with van der Waals surface area (Å²) < 4.78 is 15.3. The number of carbonyl (C=O) groups is 1. The van der Waals surface area contributed by atoms with Crippen molar-refractivity contribution in [3.63, 3.8) is 0 Å². The number of piperazine rings is 1. The highest BCUT2D eigenvalue weighted by molar-refractivity contribution is 5.95. The second-order valence-electron chi connectivity index (χ2n) is 9.67. The molecule has 0 unspecified atom stereocenters. The Labute approximate surface area is 233 Å². The fraction of sp³-hybridized carbons (Fsp3) is 0.129. The van der Waals surface area contributed by atoms with Crippen LogP contribution in [0.4, 0.5) is 15.8 Å². The Kier molecular flexibility index (Phi) is 6.72. The monoisotopic (exact) mass is 549 g/mol. The number of amides is 1. The van der Waals surface area contributed by atoms with E-state index in [0.717, 1.165) is 10.2 Å². The van der Waals surface area contributed by atoms with E-state index in [0.29, 0.717) is 48.3 Å². The molecule has 0 radical (unpaired) electrons. The average molecular weight is 550 g/mol. The van der Waals surface area contributed by atoms with Gasteiger partial charge in [-0.2, -0.15) is 9.78 Å². The van der Waals surface area contributed by atoms with Gasteiger partial charge in [-0.25, -0.2) is 4.39 Å². The molecule has 1 fully saturated rings. The number of carbonyl (C=O) groups excluding carboxylic acids is 1. The normalized spacial score (nSPS) is 13.4. The third-order valence-electron chi connectivity index (χ3n) is 7.27. The molecule has 9 nitrogen and oxygen atoms in total. The summed E-state index contributed by atoms with van der Waals surface area (Å²) in [6, 6.07) is 26.9. The minimum absolute atomic E-state index is 0.0227. The van der Waals surface area contributed by atoms with Crippen LogP contribution in [-0.4, -0.2) is 51.7 Å². The molecular weight excluding hydrogens is 525 g/mol. The number of nitro groups is 1. The van der Waals surface area contributed by atoms with Crippen LogP contribution in [-0.2, 0) is 0 Å². The van der Waals surface area contributed by atoms with Gasteiger partial charge in [-0.05, 0) is 30.3 Å². The van der Waals surface area contributed by atoms with Gasteiger partial charge in [0.05, 0.1) is 21.6 Å². The van der Waals surface area contributed by atoms with E-state index in [4.69, 9.17) is 0 Å². The number of nitro benzene ring substituents is 1. The Morgan fingerprint density at radius 3 is 2.20 bits per heavy atom. The lowest BCUT2D eigenvalue weighted by Crippen LogP contribution is -2.49. The van der Waals surface area contributed by atoms with Crippen molar-refractivity contribution in [2.45, 2.75) is 0 Å². The van der Waals surface area contributed by atoms with E-state index in [2.05, 4.69) is 5.10 Å². The third kappa shape index (κ3) is 4.80. The second kappa shape index (κ2) is 10.6. The van der Waals surface area contributed by atoms with Gasteiger partial charge < -0.3 is 9.80 Å². The Morgan fingerprint density at radius 2 is 1.49 bits per heavy atom. The third-order valence-corrected chi connectivity index (χ3v) is 7.27. The number of hydrogen-bond acceptors (Lipinski definition) is 6. The second-order valence-corrected chi connectivity index (χ2v) is 9.67. The van der Waals surface area contributed by atoms with Gasteiger partial charge in [0, 0.05) is 48.9 Å². The molecule has 1 aliphatic heterocycles. The summed E-state index contributed by atoms with van der Waals surface area (Å²) in [4.78, 5) is 41.6. The first-order valence-electron chi connectivity index (χ1n) is 13.1. The van der Waals surface area contributed by atoms with Crippen LogP contribution < -0.4 is 10.5 Å². The first-order chi connectivity index (χ1) is 19.9.